The number of halogens is 2. The summed E-state index contributed by atoms with van der Waals surface area (Å²) in [6.07, 6.45) is 0.687. The molecule has 0 radical (unpaired) electrons. The SMILES string of the molecule is CCn1c(SCC(=O)Nc2ccc(I)cc2)nnc1[C@H](CC(C)C)NC(=O)c1ccccc1Cl. The maximum atomic E-state index is 12.9. The van der Waals surface area contributed by atoms with Crippen molar-refractivity contribution in [2.45, 2.75) is 44.9 Å². The molecule has 0 saturated heterocycles. The molecule has 0 bridgehead atoms. The zero-order chi connectivity index (χ0) is 24.7. The first-order valence-corrected chi connectivity index (χ1v) is 13.4. The number of nitrogens with zero attached hydrogens (tertiary/aromatic N) is 3. The summed E-state index contributed by atoms with van der Waals surface area (Å²) in [6, 6.07) is 14.2. The van der Waals surface area contributed by atoms with Crippen molar-refractivity contribution in [3.8, 4) is 0 Å². The quantitative estimate of drug-likeness (QED) is 0.223. The Labute approximate surface area is 222 Å². The second-order valence-corrected chi connectivity index (χ2v) is 10.7. The standard InChI is InChI=1S/C24H27ClIN5O2S/c1-4-31-22(20(13-15(2)3)28-23(33)18-7-5-6-8-19(18)25)29-30-24(31)34-14-21(32)27-17-11-9-16(26)10-12-17/h5-12,15,20H,4,13-14H2,1-3H3,(H,27,32)(H,28,33)/t20-/m0/s1. The predicted molar refractivity (Wildman–Crippen MR) is 145 cm³/mol. The smallest absolute Gasteiger partial charge is 0.253 e. The van der Waals surface area contributed by atoms with Crippen LogP contribution in [0.1, 0.15) is 49.4 Å². The molecule has 7 nitrogen and oxygen atoms in total. The molecule has 180 valence electrons. The fourth-order valence-corrected chi connectivity index (χ4v) is 4.79. The molecule has 2 amide bonds. The molecule has 1 heterocycles. The van der Waals surface area contributed by atoms with Gasteiger partial charge in [0, 0.05) is 15.8 Å². The van der Waals surface area contributed by atoms with Crippen LogP contribution in [0.2, 0.25) is 5.02 Å². The lowest BCUT2D eigenvalue weighted by Crippen LogP contribution is -2.31. The molecule has 0 fully saturated rings. The second-order valence-electron chi connectivity index (χ2n) is 8.06. The van der Waals surface area contributed by atoms with Gasteiger partial charge in [-0.1, -0.05) is 49.3 Å². The van der Waals surface area contributed by atoms with E-state index >= 15 is 0 Å². The number of carbonyl (C=O) groups is 2. The lowest BCUT2D eigenvalue weighted by molar-refractivity contribution is -0.113. The van der Waals surface area contributed by atoms with Crippen LogP contribution in [-0.2, 0) is 11.3 Å². The summed E-state index contributed by atoms with van der Waals surface area (Å²) in [4.78, 5) is 25.4. The third kappa shape index (κ3) is 7.19. The van der Waals surface area contributed by atoms with E-state index in [-0.39, 0.29) is 23.6 Å². The van der Waals surface area contributed by atoms with Crippen molar-refractivity contribution in [1.82, 2.24) is 20.1 Å². The van der Waals surface area contributed by atoms with E-state index in [1.54, 1.807) is 24.3 Å². The maximum Gasteiger partial charge on any atom is 0.253 e. The summed E-state index contributed by atoms with van der Waals surface area (Å²) < 4.78 is 3.05. The molecule has 3 rings (SSSR count). The van der Waals surface area contributed by atoms with Gasteiger partial charge in [0.2, 0.25) is 5.91 Å². The monoisotopic (exact) mass is 611 g/mol. The van der Waals surface area contributed by atoms with E-state index in [0.717, 1.165) is 9.26 Å². The Bertz CT molecular complexity index is 1140. The molecule has 1 aromatic heterocycles. The highest BCUT2D eigenvalue weighted by atomic mass is 127. The van der Waals surface area contributed by atoms with Crippen molar-refractivity contribution in [3.05, 3.63) is 68.5 Å². The van der Waals surface area contributed by atoms with Crippen molar-refractivity contribution >= 4 is 63.5 Å². The van der Waals surface area contributed by atoms with Gasteiger partial charge in [0.25, 0.3) is 5.91 Å². The van der Waals surface area contributed by atoms with E-state index in [1.807, 2.05) is 35.8 Å². The zero-order valence-corrected chi connectivity index (χ0v) is 22.9. The molecule has 0 spiro atoms. The molecule has 34 heavy (non-hydrogen) atoms. The number of carbonyl (C=O) groups excluding carboxylic acids is 2. The largest absolute Gasteiger partial charge is 0.342 e. The molecule has 0 aliphatic rings. The van der Waals surface area contributed by atoms with Gasteiger partial charge in [0.15, 0.2) is 11.0 Å². The minimum absolute atomic E-state index is 0.121. The third-order valence-electron chi connectivity index (χ3n) is 4.96. The van der Waals surface area contributed by atoms with Crippen LogP contribution >= 0.6 is 46.0 Å². The van der Waals surface area contributed by atoms with Gasteiger partial charge < -0.3 is 15.2 Å². The molecular formula is C24H27ClIN5O2S. The van der Waals surface area contributed by atoms with Crippen LogP contribution in [0.4, 0.5) is 5.69 Å². The van der Waals surface area contributed by atoms with E-state index in [4.69, 9.17) is 11.6 Å². The Balaban J connectivity index is 1.73. The van der Waals surface area contributed by atoms with Gasteiger partial charge in [-0.15, -0.1) is 10.2 Å². The normalized spacial score (nSPS) is 11.9. The van der Waals surface area contributed by atoms with Crippen LogP contribution in [0.3, 0.4) is 0 Å². The second kappa shape index (κ2) is 12.6. The molecule has 3 aromatic rings. The van der Waals surface area contributed by atoms with Crippen LogP contribution in [0, 0.1) is 9.49 Å². The third-order valence-corrected chi connectivity index (χ3v) is 6.98. The van der Waals surface area contributed by atoms with Crippen molar-refractivity contribution in [2.24, 2.45) is 5.92 Å². The summed E-state index contributed by atoms with van der Waals surface area (Å²) in [5.74, 6) is 0.800. The number of nitrogens with one attached hydrogen (secondary N) is 2. The molecule has 1 atom stereocenters. The number of anilines is 1. The highest BCUT2D eigenvalue weighted by molar-refractivity contribution is 14.1. The van der Waals surface area contributed by atoms with E-state index in [0.29, 0.717) is 40.5 Å². The summed E-state index contributed by atoms with van der Waals surface area (Å²) >= 11 is 9.76. The Hall–Kier alpha value is -2.11. The van der Waals surface area contributed by atoms with Crippen molar-refractivity contribution in [1.29, 1.82) is 0 Å². The van der Waals surface area contributed by atoms with E-state index in [1.165, 1.54) is 11.8 Å². The van der Waals surface area contributed by atoms with Gasteiger partial charge in [0.05, 0.1) is 22.4 Å². The first-order chi connectivity index (χ1) is 16.3. The summed E-state index contributed by atoms with van der Waals surface area (Å²) in [5.41, 5.74) is 1.17. The Morgan fingerprint density at radius 1 is 1.12 bits per heavy atom. The number of hydrogen-bond acceptors (Lipinski definition) is 5. The van der Waals surface area contributed by atoms with Gasteiger partial charge in [-0.05, 0) is 78.3 Å². The Morgan fingerprint density at radius 2 is 1.82 bits per heavy atom. The van der Waals surface area contributed by atoms with Gasteiger partial charge >= 0.3 is 0 Å². The number of benzene rings is 2. The van der Waals surface area contributed by atoms with Gasteiger partial charge in [0.1, 0.15) is 0 Å². The Kier molecular flexibility index (Phi) is 9.78. The van der Waals surface area contributed by atoms with Gasteiger partial charge in [-0.25, -0.2) is 0 Å². The predicted octanol–water partition coefficient (Wildman–Crippen LogP) is 5.80. The van der Waals surface area contributed by atoms with Crippen LogP contribution in [0.15, 0.2) is 53.7 Å². The number of rotatable bonds is 10. The maximum absolute atomic E-state index is 12.9. The highest BCUT2D eigenvalue weighted by Gasteiger charge is 2.25. The first-order valence-electron chi connectivity index (χ1n) is 10.9. The van der Waals surface area contributed by atoms with E-state index in [2.05, 4.69) is 57.3 Å². The fourth-order valence-electron chi connectivity index (χ4n) is 3.40. The van der Waals surface area contributed by atoms with Crippen LogP contribution < -0.4 is 10.6 Å². The van der Waals surface area contributed by atoms with Crippen molar-refractivity contribution in [3.63, 3.8) is 0 Å². The highest BCUT2D eigenvalue weighted by Crippen LogP contribution is 2.26. The molecule has 2 N–H and O–H groups in total. The molecular weight excluding hydrogens is 585 g/mol. The molecule has 0 saturated carbocycles. The van der Waals surface area contributed by atoms with Gasteiger partial charge in [-0.2, -0.15) is 0 Å². The lowest BCUT2D eigenvalue weighted by atomic mass is 10.0. The summed E-state index contributed by atoms with van der Waals surface area (Å²) in [6.45, 7) is 6.78. The number of aromatic nitrogens is 3. The average Bonchev–Trinajstić information content (AvgIpc) is 3.21. The molecule has 0 aliphatic heterocycles. The van der Waals surface area contributed by atoms with Crippen molar-refractivity contribution < 1.29 is 9.59 Å². The fraction of sp³-hybridized carbons (Fsp3) is 0.333. The summed E-state index contributed by atoms with van der Waals surface area (Å²) in [5, 5.41) is 15.7. The number of hydrogen-bond donors (Lipinski definition) is 2. The molecule has 10 heteroatoms. The lowest BCUT2D eigenvalue weighted by Gasteiger charge is -2.21. The number of thioether (sulfide) groups is 1. The molecule has 0 unspecified atom stereocenters. The molecule has 2 aromatic carbocycles. The summed E-state index contributed by atoms with van der Waals surface area (Å²) in [7, 11) is 0. The molecule has 0 aliphatic carbocycles. The first kappa shape index (κ1) is 26.5. The van der Waals surface area contributed by atoms with Crippen LogP contribution in [0.25, 0.3) is 0 Å². The van der Waals surface area contributed by atoms with Crippen LogP contribution in [0.5, 0.6) is 0 Å². The van der Waals surface area contributed by atoms with E-state index < -0.39 is 0 Å². The Morgan fingerprint density at radius 3 is 2.47 bits per heavy atom. The zero-order valence-electron chi connectivity index (χ0n) is 19.2. The number of amides is 2. The van der Waals surface area contributed by atoms with Gasteiger partial charge in [-0.3, -0.25) is 9.59 Å². The minimum atomic E-state index is -0.341. The minimum Gasteiger partial charge on any atom is -0.342 e. The topological polar surface area (TPSA) is 88.9 Å². The van der Waals surface area contributed by atoms with Crippen LogP contribution in [-0.4, -0.2) is 32.3 Å². The van der Waals surface area contributed by atoms with Crippen molar-refractivity contribution in [2.75, 3.05) is 11.1 Å². The van der Waals surface area contributed by atoms with E-state index in [9.17, 15) is 9.59 Å². The average molecular weight is 612 g/mol.